The van der Waals surface area contributed by atoms with E-state index in [0.717, 1.165) is 18.9 Å². The van der Waals surface area contributed by atoms with Crippen LogP contribution in [0.2, 0.25) is 0 Å². The molecule has 7 heteroatoms. The highest BCUT2D eigenvalue weighted by Crippen LogP contribution is 2.36. The van der Waals surface area contributed by atoms with Crippen LogP contribution in [0, 0.1) is 0 Å². The van der Waals surface area contributed by atoms with Crippen LogP contribution >= 0.6 is 15.9 Å². The summed E-state index contributed by atoms with van der Waals surface area (Å²) >= 11 is 2.86. The van der Waals surface area contributed by atoms with Crippen molar-refractivity contribution in [3.05, 3.63) is 28.2 Å². The molecular weight excluding hydrogens is 325 g/mol. The maximum atomic E-state index is 12.7. The van der Waals surface area contributed by atoms with Crippen molar-refractivity contribution in [1.29, 1.82) is 0 Å². The highest BCUT2D eigenvalue weighted by molar-refractivity contribution is 9.10. The van der Waals surface area contributed by atoms with Crippen molar-refractivity contribution >= 4 is 27.6 Å². The number of anilines is 1. The maximum Gasteiger partial charge on any atom is 0.417 e. The molecule has 0 aliphatic carbocycles. The van der Waals surface area contributed by atoms with Crippen LogP contribution in [0.1, 0.15) is 18.4 Å². The molecule has 0 atom stereocenters. The lowest BCUT2D eigenvalue weighted by atomic mass is 10.2. The minimum atomic E-state index is -4.45. The van der Waals surface area contributed by atoms with Crippen molar-refractivity contribution < 1.29 is 18.0 Å². The standard InChI is InChI=1S/C12H12BrF3N2O/c13-10-4-3-8(7-9(10)12(14,15)16)17-11(19)18-5-1-2-6-18/h3-4,7H,1-2,5-6H2,(H,17,19). The third-order valence-corrected chi connectivity index (χ3v) is 3.61. The number of alkyl halides is 3. The third-order valence-electron chi connectivity index (χ3n) is 2.92. The molecule has 2 rings (SSSR count). The molecule has 3 nitrogen and oxygen atoms in total. The van der Waals surface area contributed by atoms with Gasteiger partial charge in [0.05, 0.1) is 5.56 Å². The van der Waals surface area contributed by atoms with Gasteiger partial charge in [0.25, 0.3) is 0 Å². The van der Waals surface area contributed by atoms with Crippen LogP contribution in [0.5, 0.6) is 0 Å². The summed E-state index contributed by atoms with van der Waals surface area (Å²) in [5.74, 6) is 0. The number of nitrogens with zero attached hydrogens (tertiary/aromatic N) is 1. The average Bonchev–Trinajstić information content (AvgIpc) is 2.83. The molecule has 0 spiro atoms. The summed E-state index contributed by atoms with van der Waals surface area (Å²) in [6.07, 6.45) is -2.59. The van der Waals surface area contributed by atoms with Crippen LogP contribution in [0.15, 0.2) is 22.7 Å². The highest BCUT2D eigenvalue weighted by Gasteiger charge is 2.33. The molecule has 1 aromatic carbocycles. The number of likely N-dealkylation sites (tertiary alicyclic amines) is 1. The summed E-state index contributed by atoms with van der Waals surface area (Å²) in [5.41, 5.74) is -0.654. The minimum absolute atomic E-state index is 0.0424. The predicted molar refractivity (Wildman–Crippen MR) is 69.0 cm³/mol. The van der Waals surface area contributed by atoms with Crippen molar-refractivity contribution in [3.63, 3.8) is 0 Å². The first-order valence-corrected chi connectivity index (χ1v) is 6.60. The molecule has 1 N–H and O–H groups in total. The van der Waals surface area contributed by atoms with E-state index in [-0.39, 0.29) is 16.2 Å². The number of hydrogen-bond acceptors (Lipinski definition) is 1. The van der Waals surface area contributed by atoms with Gasteiger partial charge in [-0.05, 0) is 31.0 Å². The number of carbonyl (C=O) groups is 1. The second-order valence-corrected chi connectivity index (χ2v) is 5.17. The number of nitrogens with one attached hydrogen (secondary N) is 1. The van der Waals surface area contributed by atoms with E-state index in [9.17, 15) is 18.0 Å². The van der Waals surface area contributed by atoms with Gasteiger partial charge in [0.15, 0.2) is 0 Å². The van der Waals surface area contributed by atoms with Crippen LogP contribution in [-0.4, -0.2) is 24.0 Å². The van der Waals surface area contributed by atoms with E-state index in [1.54, 1.807) is 4.90 Å². The normalized spacial score (nSPS) is 15.7. The summed E-state index contributed by atoms with van der Waals surface area (Å²) in [6, 6.07) is 3.29. The van der Waals surface area contributed by atoms with Gasteiger partial charge in [-0.2, -0.15) is 13.2 Å². The monoisotopic (exact) mass is 336 g/mol. The van der Waals surface area contributed by atoms with Gasteiger partial charge in [-0.15, -0.1) is 0 Å². The summed E-state index contributed by atoms with van der Waals surface area (Å²) in [6.45, 7) is 1.29. The van der Waals surface area contributed by atoms with Gasteiger partial charge in [0, 0.05) is 23.2 Å². The first-order chi connectivity index (χ1) is 8.88. The van der Waals surface area contributed by atoms with Gasteiger partial charge in [-0.25, -0.2) is 4.79 Å². The van der Waals surface area contributed by atoms with Crippen molar-refractivity contribution in [3.8, 4) is 0 Å². The smallest absolute Gasteiger partial charge is 0.325 e. The Morgan fingerprint density at radius 2 is 1.89 bits per heavy atom. The highest BCUT2D eigenvalue weighted by atomic mass is 79.9. The Bertz CT molecular complexity index is 484. The Morgan fingerprint density at radius 3 is 2.47 bits per heavy atom. The van der Waals surface area contributed by atoms with Crippen LogP contribution in [0.25, 0.3) is 0 Å². The van der Waals surface area contributed by atoms with E-state index >= 15 is 0 Å². The maximum absolute atomic E-state index is 12.7. The van der Waals surface area contributed by atoms with Gasteiger partial charge in [0.2, 0.25) is 0 Å². The second kappa shape index (κ2) is 5.40. The van der Waals surface area contributed by atoms with Crippen LogP contribution in [0.3, 0.4) is 0 Å². The number of rotatable bonds is 1. The number of benzene rings is 1. The largest absolute Gasteiger partial charge is 0.417 e. The topological polar surface area (TPSA) is 32.3 Å². The van der Waals surface area contributed by atoms with E-state index < -0.39 is 11.7 Å². The molecule has 1 aromatic rings. The fraction of sp³-hybridized carbons (Fsp3) is 0.417. The number of hydrogen-bond donors (Lipinski definition) is 1. The average molecular weight is 337 g/mol. The number of halogens is 4. The molecule has 1 aliphatic heterocycles. The minimum Gasteiger partial charge on any atom is -0.325 e. The van der Waals surface area contributed by atoms with Crippen LogP contribution in [-0.2, 0) is 6.18 Å². The van der Waals surface area contributed by atoms with Crippen molar-refractivity contribution in [2.45, 2.75) is 19.0 Å². The SMILES string of the molecule is O=C(Nc1ccc(Br)c(C(F)(F)F)c1)N1CCCC1. The zero-order valence-electron chi connectivity index (χ0n) is 9.93. The molecule has 0 bridgehead atoms. The molecule has 1 fully saturated rings. The molecule has 19 heavy (non-hydrogen) atoms. The lowest BCUT2D eigenvalue weighted by molar-refractivity contribution is -0.138. The molecule has 0 aromatic heterocycles. The van der Waals surface area contributed by atoms with Crippen LogP contribution < -0.4 is 5.32 Å². The Hall–Kier alpha value is -1.24. The van der Waals surface area contributed by atoms with Gasteiger partial charge in [-0.1, -0.05) is 15.9 Å². The fourth-order valence-corrected chi connectivity index (χ4v) is 2.41. The summed E-state index contributed by atoms with van der Waals surface area (Å²) in [7, 11) is 0. The first-order valence-electron chi connectivity index (χ1n) is 5.80. The van der Waals surface area contributed by atoms with E-state index in [4.69, 9.17) is 0 Å². The first kappa shape index (κ1) is 14.2. The summed E-state index contributed by atoms with van der Waals surface area (Å²) < 4.78 is 38.1. The molecule has 1 saturated heterocycles. The lowest BCUT2D eigenvalue weighted by Crippen LogP contribution is -2.32. The molecule has 0 saturated carbocycles. The molecule has 2 amide bonds. The number of carbonyl (C=O) groups excluding carboxylic acids is 1. The molecule has 1 heterocycles. The van der Waals surface area contributed by atoms with Crippen LogP contribution in [0.4, 0.5) is 23.7 Å². The quantitative estimate of drug-likeness (QED) is 0.822. The van der Waals surface area contributed by atoms with E-state index in [1.165, 1.54) is 12.1 Å². The van der Waals surface area contributed by atoms with E-state index in [2.05, 4.69) is 21.2 Å². The number of amides is 2. The van der Waals surface area contributed by atoms with Gasteiger partial charge >= 0.3 is 12.2 Å². The summed E-state index contributed by atoms with van der Waals surface area (Å²) in [4.78, 5) is 13.4. The number of urea groups is 1. The second-order valence-electron chi connectivity index (χ2n) is 4.32. The van der Waals surface area contributed by atoms with Gasteiger partial charge < -0.3 is 10.2 Å². The van der Waals surface area contributed by atoms with Gasteiger partial charge in [0.1, 0.15) is 0 Å². The van der Waals surface area contributed by atoms with Crippen molar-refractivity contribution in [2.75, 3.05) is 18.4 Å². The predicted octanol–water partition coefficient (Wildman–Crippen LogP) is 4.10. The molecule has 1 aliphatic rings. The van der Waals surface area contributed by atoms with Crippen molar-refractivity contribution in [2.24, 2.45) is 0 Å². The third kappa shape index (κ3) is 3.40. The van der Waals surface area contributed by atoms with Gasteiger partial charge in [-0.3, -0.25) is 0 Å². The van der Waals surface area contributed by atoms with E-state index in [1.807, 2.05) is 0 Å². The molecular formula is C12H12BrF3N2O. The molecule has 0 unspecified atom stereocenters. The lowest BCUT2D eigenvalue weighted by Gasteiger charge is -2.17. The Balaban J connectivity index is 2.15. The molecule has 104 valence electrons. The zero-order chi connectivity index (χ0) is 14.0. The van der Waals surface area contributed by atoms with Crippen molar-refractivity contribution in [1.82, 2.24) is 4.90 Å². The summed E-state index contributed by atoms with van der Waals surface area (Å²) in [5, 5.41) is 2.49. The molecule has 0 radical (unpaired) electrons. The Kier molecular flexibility index (Phi) is 4.03. The van der Waals surface area contributed by atoms with E-state index in [0.29, 0.717) is 13.1 Å². The zero-order valence-corrected chi connectivity index (χ0v) is 11.5. The Morgan fingerprint density at radius 1 is 1.26 bits per heavy atom. The Labute approximate surface area is 116 Å². The fourth-order valence-electron chi connectivity index (χ4n) is 1.94.